The van der Waals surface area contributed by atoms with E-state index in [1.807, 2.05) is 4.90 Å². The van der Waals surface area contributed by atoms with Crippen LogP contribution in [0, 0.1) is 5.92 Å². The van der Waals surface area contributed by atoms with Crippen molar-refractivity contribution in [3.05, 3.63) is 0 Å². The van der Waals surface area contributed by atoms with Crippen LogP contribution in [0.25, 0.3) is 0 Å². The fourth-order valence-corrected chi connectivity index (χ4v) is 2.77. The second kappa shape index (κ2) is 9.61. The van der Waals surface area contributed by atoms with Crippen molar-refractivity contribution in [2.75, 3.05) is 19.6 Å². The molecule has 0 aromatic rings. The highest BCUT2D eigenvalue weighted by Gasteiger charge is 2.19. The quantitative estimate of drug-likeness (QED) is 0.706. The largest absolute Gasteiger partial charge is 0.481 e. The summed E-state index contributed by atoms with van der Waals surface area (Å²) in [4.78, 5) is 24.3. The van der Waals surface area contributed by atoms with Gasteiger partial charge in [0.1, 0.15) is 0 Å². The predicted octanol–water partition coefficient (Wildman–Crippen LogP) is 2.85. The Bertz CT molecular complexity index is 307. The number of nitrogens with zero attached hydrogens (tertiary/aromatic N) is 1. The Morgan fingerprint density at radius 2 is 2.05 bits per heavy atom. The average molecular weight is 284 g/mol. The van der Waals surface area contributed by atoms with Gasteiger partial charge in [0, 0.05) is 26.1 Å². The normalized spacial score (nSPS) is 19.4. The molecule has 1 rings (SSSR count). The first kappa shape index (κ1) is 16.8. The molecule has 5 nitrogen and oxygen atoms in total. The third-order valence-electron chi connectivity index (χ3n) is 3.93. The standard InChI is InChI=1S/C15H28N2O3/c1-2-6-13-7-5-11-17(12-9-13)15(20)16-10-4-3-8-14(18)19/h13H,2-12H2,1H3,(H,16,20)(H,18,19). The molecule has 20 heavy (non-hydrogen) atoms. The first-order chi connectivity index (χ1) is 9.63. The molecule has 0 spiro atoms. The third kappa shape index (κ3) is 6.78. The Balaban J connectivity index is 2.17. The highest BCUT2D eigenvalue weighted by molar-refractivity contribution is 5.74. The lowest BCUT2D eigenvalue weighted by Crippen LogP contribution is -2.40. The van der Waals surface area contributed by atoms with Gasteiger partial charge in [0.2, 0.25) is 0 Å². The molecule has 0 aromatic heterocycles. The van der Waals surface area contributed by atoms with Crippen molar-refractivity contribution in [1.29, 1.82) is 0 Å². The number of carboxylic acid groups (broad SMARTS) is 1. The number of aliphatic carboxylic acids is 1. The van der Waals surface area contributed by atoms with Crippen molar-refractivity contribution in [2.45, 2.75) is 58.3 Å². The maximum absolute atomic E-state index is 12.0. The molecular formula is C15H28N2O3. The van der Waals surface area contributed by atoms with E-state index in [4.69, 9.17) is 5.11 Å². The monoisotopic (exact) mass is 284 g/mol. The minimum Gasteiger partial charge on any atom is -0.481 e. The number of amides is 2. The number of urea groups is 1. The molecule has 5 heteroatoms. The number of carboxylic acids is 1. The molecule has 0 radical (unpaired) electrons. The Kier molecular flexibility index (Phi) is 8.07. The van der Waals surface area contributed by atoms with Crippen molar-refractivity contribution in [1.82, 2.24) is 10.2 Å². The highest BCUT2D eigenvalue weighted by Crippen LogP contribution is 2.21. The van der Waals surface area contributed by atoms with Gasteiger partial charge in [0.15, 0.2) is 0 Å². The summed E-state index contributed by atoms with van der Waals surface area (Å²) in [7, 11) is 0. The summed E-state index contributed by atoms with van der Waals surface area (Å²) < 4.78 is 0. The molecule has 2 amide bonds. The zero-order valence-corrected chi connectivity index (χ0v) is 12.6. The molecule has 0 aromatic carbocycles. The lowest BCUT2D eigenvalue weighted by Gasteiger charge is -2.21. The lowest BCUT2D eigenvalue weighted by molar-refractivity contribution is -0.137. The van der Waals surface area contributed by atoms with Crippen LogP contribution >= 0.6 is 0 Å². The number of likely N-dealkylation sites (tertiary alicyclic amines) is 1. The number of unbranched alkanes of at least 4 members (excludes halogenated alkanes) is 1. The van der Waals surface area contributed by atoms with Gasteiger partial charge in [-0.15, -0.1) is 0 Å². The molecule has 1 unspecified atom stereocenters. The summed E-state index contributed by atoms with van der Waals surface area (Å²) >= 11 is 0. The topological polar surface area (TPSA) is 69.6 Å². The Morgan fingerprint density at radius 3 is 2.75 bits per heavy atom. The fourth-order valence-electron chi connectivity index (χ4n) is 2.77. The van der Waals surface area contributed by atoms with E-state index in [0.29, 0.717) is 13.0 Å². The molecule has 1 aliphatic rings. The van der Waals surface area contributed by atoms with E-state index < -0.39 is 5.97 Å². The Labute approximate surface area is 121 Å². The maximum atomic E-state index is 12.0. The molecule has 2 N–H and O–H groups in total. The van der Waals surface area contributed by atoms with E-state index >= 15 is 0 Å². The number of rotatable bonds is 7. The number of nitrogens with one attached hydrogen (secondary N) is 1. The predicted molar refractivity (Wildman–Crippen MR) is 78.7 cm³/mol. The lowest BCUT2D eigenvalue weighted by atomic mass is 9.96. The summed E-state index contributed by atoms with van der Waals surface area (Å²) in [6, 6.07) is 0.0115. The van der Waals surface area contributed by atoms with Gasteiger partial charge in [0.25, 0.3) is 0 Å². The van der Waals surface area contributed by atoms with Crippen molar-refractivity contribution < 1.29 is 14.7 Å². The van der Waals surface area contributed by atoms with Gasteiger partial charge in [-0.3, -0.25) is 4.79 Å². The summed E-state index contributed by atoms with van der Waals surface area (Å²) in [5, 5.41) is 11.4. The SMILES string of the molecule is CCCC1CCCN(C(=O)NCCCCC(=O)O)CC1. The van der Waals surface area contributed by atoms with E-state index in [1.54, 1.807) is 0 Å². The first-order valence-electron chi connectivity index (χ1n) is 7.88. The van der Waals surface area contributed by atoms with Crippen LogP contribution in [0.2, 0.25) is 0 Å². The summed E-state index contributed by atoms with van der Waals surface area (Å²) in [5.41, 5.74) is 0. The van der Waals surface area contributed by atoms with Crippen LogP contribution in [0.1, 0.15) is 58.3 Å². The second-order valence-corrected chi connectivity index (χ2v) is 5.66. The molecule has 1 heterocycles. The van der Waals surface area contributed by atoms with Gasteiger partial charge < -0.3 is 15.3 Å². The molecule has 0 saturated carbocycles. The summed E-state index contributed by atoms with van der Waals surface area (Å²) in [5.74, 6) is -0.000762. The second-order valence-electron chi connectivity index (χ2n) is 5.66. The zero-order valence-electron chi connectivity index (χ0n) is 12.6. The van der Waals surface area contributed by atoms with Crippen molar-refractivity contribution in [2.24, 2.45) is 5.92 Å². The van der Waals surface area contributed by atoms with Crippen molar-refractivity contribution in [3.8, 4) is 0 Å². The zero-order chi connectivity index (χ0) is 14.8. The molecular weight excluding hydrogens is 256 g/mol. The van der Waals surface area contributed by atoms with Gasteiger partial charge in [-0.1, -0.05) is 19.8 Å². The Hall–Kier alpha value is -1.26. The molecule has 1 aliphatic heterocycles. The molecule has 0 aliphatic carbocycles. The minimum absolute atomic E-state index is 0.0115. The summed E-state index contributed by atoms with van der Waals surface area (Å²) in [6.45, 7) is 4.49. The van der Waals surface area contributed by atoms with Crippen LogP contribution in [-0.2, 0) is 4.79 Å². The molecule has 116 valence electrons. The highest BCUT2D eigenvalue weighted by atomic mass is 16.4. The molecule has 1 saturated heterocycles. The molecule has 1 atom stereocenters. The number of carbonyl (C=O) groups excluding carboxylic acids is 1. The average Bonchev–Trinajstić information content (AvgIpc) is 2.64. The van der Waals surface area contributed by atoms with Crippen molar-refractivity contribution >= 4 is 12.0 Å². The van der Waals surface area contributed by atoms with Gasteiger partial charge >= 0.3 is 12.0 Å². The molecule has 0 bridgehead atoms. The van der Waals surface area contributed by atoms with E-state index in [9.17, 15) is 9.59 Å². The van der Waals surface area contributed by atoms with Gasteiger partial charge in [-0.2, -0.15) is 0 Å². The van der Waals surface area contributed by atoms with Crippen molar-refractivity contribution in [3.63, 3.8) is 0 Å². The van der Waals surface area contributed by atoms with Crippen LogP contribution in [0.15, 0.2) is 0 Å². The number of hydrogen-bond donors (Lipinski definition) is 2. The Morgan fingerprint density at radius 1 is 1.25 bits per heavy atom. The molecule has 1 fully saturated rings. The van der Waals surface area contributed by atoms with E-state index in [0.717, 1.165) is 38.3 Å². The number of carbonyl (C=O) groups is 2. The van der Waals surface area contributed by atoms with Crippen LogP contribution in [0.3, 0.4) is 0 Å². The van der Waals surface area contributed by atoms with Crippen LogP contribution in [-0.4, -0.2) is 41.6 Å². The minimum atomic E-state index is -0.772. The first-order valence-corrected chi connectivity index (χ1v) is 7.88. The smallest absolute Gasteiger partial charge is 0.317 e. The number of hydrogen-bond acceptors (Lipinski definition) is 2. The van der Waals surface area contributed by atoms with Crippen LogP contribution in [0.4, 0.5) is 4.79 Å². The van der Waals surface area contributed by atoms with Crippen LogP contribution < -0.4 is 5.32 Å². The summed E-state index contributed by atoms with van der Waals surface area (Å²) in [6.07, 6.45) is 7.45. The van der Waals surface area contributed by atoms with E-state index in [1.165, 1.54) is 19.3 Å². The van der Waals surface area contributed by atoms with E-state index in [-0.39, 0.29) is 12.5 Å². The maximum Gasteiger partial charge on any atom is 0.317 e. The fraction of sp³-hybridized carbons (Fsp3) is 0.867. The van der Waals surface area contributed by atoms with Gasteiger partial charge in [-0.05, 0) is 38.0 Å². The third-order valence-corrected chi connectivity index (χ3v) is 3.93. The van der Waals surface area contributed by atoms with Gasteiger partial charge in [0.05, 0.1) is 0 Å². The van der Waals surface area contributed by atoms with Crippen LogP contribution in [0.5, 0.6) is 0 Å². The van der Waals surface area contributed by atoms with Gasteiger partial charge in [-0.25, -0.2) is 4.79 Å². The van der Waals surface area contributed by atoms with E-state index in [2.05, 4.69) is 12.2 Å².